The van der Waals surface area contributed by atoms with Crippen LogP contribution in [0.2, 0.25) is 0 Å². The van der Waals surface area contributed by atoms with Crippen molar-refractivity contribution in [3.8, 4) is 11.5 Å². The van der Waals surface area contributed by atoms with Gasteiger partial charge in [-0.3, -0.25) is 9.59 Å². The summed E-state index contributed by atoms with van der Waals surface area (Å²) in [6, 6.07) is 3.92. The van der Waals surface area contributed by atoms with Crippen LogP contribution >= 0.6 is 11.3 Å². The lowest BCUT2D eigenvalue weighted by Crippen LogP contribution is -2.19. The van der Waals surface area contributed by atoms with E-state index in [1.165, 1.54) is 17.8 Å². The topological polar surface area (TPSA) is 76.1 Å². The van der Waals surface area contributed by atoms with Crippen LogP contribution in [0.5, 0.6) is 11.5 Å². The van der Waals surface area contributed by atoms with Crippen LogP contribution in [0.1, 0.15) is 35.0 Å². The zero-order chi connectivity index (χ0) is 18.8. The molecular formula is C18H25NO5S. The first-order chi connectivity index (χ1) is 12.1. The molecule has 0 fully saturated rings. The van der Waals surface area contributed by atoms with Gasteiger partial charge in [-0.15, -0.1) is 11.3 Å². The Labute approximate surface area is 152 Å². The van der Waals surface area contributed by atoms with Crippen LogP contribution in [0.4, 0.5) is 0 Å². The number of benzene rings is 1. The quantitative estimate of drug-likeness (QED) is 0.718. The van der Waals surface area contributed by atoms with Crippen LogP contribution in [0.3, 0.4) is 0 Å². The summed E-state index contributed by atoms with van der Waals surface area (Å²) in [5, 5.41) is 7.97. The largest absolute Gasteiger partial charge is 0.493 e. The SMILES string of the molecule is CCCCN(C)Cc1c(C=O)sc2cc(OC)c(OC)cc12.O=CO. The van der Waals surface area contributed by atoms with E-state index in [-0.39, 0.29) is 6.47 Å². The summed E-state index contributed by atoms with van der Waals surface area (Å²) in [6.07, 6.45) is 3.28. The highest BCUT2D eigenvalue weighted by Gasteiger charge is 2.16. The fourth-order valence-corrected chi connectivity index (χ4v) is 3.57. The van der Waals surface area contributed by atoms with E-state index in [9.17, 15) is 4.79 Å². The molecule has 0 saturated carbocycles. The maximum Gasteiger partial charge on any atom is 0.290 e. The molecule has 138 valence electrons. The first-order valence-electron chi connectivity index (χ1n) is 7.95. The molecule has 6 nitrogen and oxygen atoms in total. The molecule has 0 aliphatic heterocycles. The number of rotatable bonds is 8. The summed E-state index contributed by atoms with van der Waals surface area (Å²) >= 11 is 1.51. The van der Waals surface area contributed by atoms with Gasteiger partial charge in [0.1, 0.15) is 0 Å². The van der Waals surface area contributed by atoms with E-state index in [1.807, 2.05) is 12.1 Å². The summed E-state index contributed by atoms with van der Waals surface area (Å²) < 4.78 is 11.8. The number of methoxy groups -OCH3 is 2. The number of aldehydes is 1. The molecular weight excluding hydrogens is 342 g/mol. The third-order valence-corrected chi connectivity index (χ3v) is 4.88. The Kier molecular flexibility index (Phi) is 8.94. The Balaban J connectivity index is 0.000000970. The second-order valence-electron chi connectivity index (χ2n) is 5.46. The minimum absolute atomic E-state index is 0.250. The molecule has 0 radical (unpaired) electrons. The van der Waals surface area contributed by atoms with Gasteiger partial charge in [0.2, 0.25) is 0 Å². The van der Waals surface area contributed by atoms with Crippen LogP contribution in [0.15, 0.2) is 12.1 Å². The molecule has 2 aromatic rings. The number of thiophene rings is 1. The summed E-state index contributed by atoms with van der Waals surface area (Å²) in [5.74, 6) is 1.39. The van der Waals surface area contributed by atoms with E-state index in [4.69, 9.17) is 19.4 Å². The smallest absolute Gasteiger partial charge is 0.290 e. The number of hydrogen-bond donors (Lipinski definition) is 1. The molecule has 0 atom stereocenters. The Morgan fingerprint density at radius 1 is 1.20 bits per heavy atom. The molecule has 0 spiro atoms. The van der Waals surface area contributed by atoms with Gasteiger partial charge in [0.05, 0.1) is 19.1 Å². The number of nitrogens with zero attached hydrogens (tertiary/aromatic N) is 1. The summed E-state index contributed by atoms with van der Waals surface area (Å²) in [6.45, 7) is 3.73. The van der Waals surface area contributed by atoms with Crippen molar-refractivity contribution in [1.29, 1.82) is 0 Å². The predicted octanol–water partition coefficient (Wildman–Crippen LogP) is 3.66. The minimum Gasteiger partial charge on any atom is -0.493 e. The van der Waals surface area contributed by atoms with Gasteiger partial charge in [-0.2, -0.15) is 0 Å². The van der Waals surface area contributed by atoms with Crippen LogP contribution in [-0.2, 0) is 11.3 Å². The van der Waals surface area contributed by atoms with Crippen LogP contribution in [0.25, 0.3) is 10.1 Å². The molecule has 2 rings (SSSR count). The lowest BCUT2D eigenvalue weighted by Gasteiger charge is -2.16. The minimum atomic E-state index is -0.250. The van der Waals surface area contributed by atoms with Crippen molar-refractivity contribution in [2.75, 3.05) is 27.8 Å². The van der Waals surface area contributed by atoms with Crippen molar-refractivity contribution >= 4 is 34.2 Å². The first kappa shape index (κ1) is 20.9. The highest BCUT2D eigenvalue weighted by Crippen LogP contribution is 2.39. The molecule has 1 N–H and O–H groups in total. The number of ether oxygens (including phenoxy) is 2. The molecule has 0 aliphatic carbocycles. The van der Waals surface area contributed by atoms with Crippen molar-refractivity contribution in [2.24, 2.45) is 0 Å². The first-order valence-corrected chi connectivity index (χ1v) is 8.76. The van der Waals surface area contributed by atoms with Crippen LogP contribution in [0, 0.1) is 0 Å². The zero-order valence-corrected chi connectivity index (χ0v) is 15.9. The number of carboxylic acid groups (broad SMARTS) is 1. The summed E-state index contributed by atoms with van der Waals surface area (Å²) in [4.78, 5) is 22.8. The van der Waals surface area contributed by atoms with Gasteiger partial charge in [-0.05, 0) is 31.6 Å². The second-order valence-corrected chi connectivity index (χ2v) is 6.55. The molecule has 1 heterocycles. The lowest BCUT2D eigenvalue weighted by molar-refractivity contribution is -0.122. The molecule has 0 bridgehead atoms. The van der Waals surface area contributed by atoms with Crippen molar-refractivity contribution in [2.45, 2.75) is 26.3 Å². The Morgan fingerprint density at radius 2 is 1.80 bits per heavy atom. The molecule has 0 aliphatic rings. The van der Waals surface area contributed by atoms with Gasteiger partial charge in [-0.1, -0.05) is 13.3 Å². The second kappa shape index (κ2) is 10.7. The standard InChI is InChI=1S/C17H23NO3S.CH2O2/c1-5-6-7-18(2)10-13-12-8-14(20-3)15(21-4)9-16(12)22-17(13)11-19;2-1-3/h8-9,11H,5-7,10H2,1-4H3;1H,(H,2,3). The van der Waals surface area contributed by atoms with Gasteiger partial charge in [0, 0.05) is 22.7 Å². The van der Waals surface area contributed by atoms with Crippen molar-refractivity contribution < 1.29 is 24.2 Å². The fraction of sp³-hybridized carbons (Fsp3) is 0.444. The van der Waals surface area contributed by atoms with E-state index in [2.05, 4.69) is 18.9 Å². The number of carbonyl (C=O) groups excluding carboxylic acids is 1. The number of unbranched alkanes of at least 4 members (excludes halogenated alkanes) is 1. The van der Waals surface area contributed by atoms with Gasteiger partial charge in [0.25, 0.3) is 6.47 Å². The Bertz CT molecular complexity index is 698. The third-order valence-electron chi connectivity index (χ3n) is 3.76. The predicted molar refractivity (Wildman–Crippen MR) is 100 cm³/mol. The van der Waals surface area contributed by atoms with E-state index >= 15 is 0 Å². The highest BCUT2D eigenvalue weighted by molar-refractivity contribution is 7.20. The molecule has 1 aromatic carbocycles. The molecule has 0 unspecified atom stereocenters. The highest BCUT2D eigenvalue weighted by atomic mass is 32.1. The maximum atomic E-state index is 11.4. The normalized spacial score (nSPS) is 10.3. The molecule has 7 heteroatoms. The summed E-state index contributed by atoms with van der Waals surface area (Å²) in [5.41, 5.74) is 1.08. The van der Waals surface area contributed by atoms with Crippen molar-refractivity contribution in [3.63, 3.8) is 0 Å². The average Bonchev–Trinajstić information content (AvgIpc) is 2.95. The number of fused-ring (bicyclic) bond motifs is 1. The van der Waals surface area contributed by atoms with Crippen molar-refractivity contribution in [1.82, 2.24) is 4.90 Å². The fourth-order valence-electron chi connectivity index (χ4n) is 2.53. The van der Waals surface area contributed by atoms with Crippen LogP contribution < -0.4 is 9.47 Å². The molecule has 25 heavy (non-hydrogen) atoms. The Hall–Kier alpha value is -2.12. The monoisotopic (exact) mass is 367 g/mol. The third kappa shape index (κ3) is 5.44. The van der Waals surface area contributed by atoms with Crippen LogP contribution in [-0.4, -0.2) is 50.6 Å². The molecule has 0 saturated heterocycles. The Morgan fingerprint density at radius 3 is 2.32 bits per heavy atom. The number of hydrogen-bond acceptors (Lipinski definition) is 6. The summed E-state index contributed by atoms with van der Waals surface area (Å²) in [7, 11) is 5.34. The lowest BCUT2D eigenvalue weighted by atomic mass is 10.1. The van der Waals surface area contributed by atoms with Crippen molar-refractivity contribution in [3.05, 3.63) is 22.6 Å². The molecule has 0 amide bonds. The zero-order valence-electron chi connectivity index (χ0n) is 15.1. The van der Waals surface area contributed by atoms with Gasteiger partial charge in [0.15, 0.2) is 17.8 Å². The van der Waals surface area contributed by atoms with E-state index in [0.717, 1.165) is 46.3 Å². The van der Waals surface area contributed by atoms with Gasteiger partial charge in [-0.25, -0.2) is 0 Å². The molecule has 1 aromatic heterocycles. The van der Waals surface area contributed by atoms with E-state index < -0.39 is 0 Å². The maximum absolute atomic E-state index is 11.4. The van der Waals surface area contributed by atoms with E-state index in [0.29, 0.717) is 11.5 Å². The average molecular weight is 367 g/mol. The van der Waals surface area contributed by atoms with Gasteiger partial charge < -0.3 is 19.5 Å². The number of carbonyl (C=O) groups is 2. The van der Waals surface area contributed by atoms with Gasteiger partial charge >= 0.3 is 0 Å². The van der Waals surface area contributed by atoms with E-state index in [1.54, 1.807) is 14.2 Å².